The van der Waals surface area contributed by atoms with Crippen LogP contribution in [0.4, 0.5) is 0 Å². The van der Waals surface area contributed by atoms with Crippen LogP contribution >= 0.6 is 0 Å². The van der Waals surface area contributed by atoms with Crippen LogP contribution in [0.5, 0.6) is 0 Å². The van der Waals surface area contributed by atoms with Gasteiger partial charge in [-0.1, -0.05) is 81.1 Å². The summed E-state index contributed by atoms with van der Waals surface area (Å²) in [6, 6.07) is 0. The van der Waals surface area contributed by atoms with Gasteiger partial charge < -0.3 is 0 Å². The normalized spacial score (nSPS) is 10.9. The Bertz CT molecular complexity index is 64.4. The molecule has 0 aliphatic carbocycles. The molecule has 90 valence electrons. The second-order valence-corrected chi connectivity index (χ2v) is 3.87. The first-order valence-electron chi connectivity index (χ1n) is 6.66. The zero-order valence-electron chi connectivity index (χ0n) is 12.0. The van der Waals surface area contributed by atoms with Gasteiger partial charge in [0.25, 0.3) is 0 Å². The van der Waals surface area contributed by atoms with E-state index in [2.05, 4.69) is 27.7 Å². The van der Waals surface area contributed by atoms with Crippen molar-refractivity contribution in [1.82, 2.24) is 0 Å². The van der Waals surface area contributed by atoms with Crippen LogP contribution in [0.2, 0.25) is 0 Å². The molecule has 0 heterocycles. The van der Waals surface area contributed by atoms with Crippen molar-refractivity contribution < 1.29 is 0 Å². The SMILES string of the molecule is CC.CC.CCCC(C)CCC(C)C. The molecular weight excluding hydrogens is 168 g/mol. The Hall–Kier alpha value is 0. The molecule has 14 heavy (non-hydrogen) atoms. The van der Waals surface area contributed by atoms with E-state index < -0.39 is 0 Å². The molecule has 0 aromatic rings. The van der Waals surface area contributed by atoms with Gasteiger partial charge in [0, 0.05) is 0 Å². The lowest BCUT2D eigenvalue weighted by molar-refractivity contribution is 0.425. The van der Waals surface area contributed by atoms with E-state index in [4.69, 9.17) is 0 Å². The van der Waals surface area contributed by atoms with Gasteiger partial charge in [-0.05, 0) is 11.8 Å². The van der Waals surface area contributed by atoms with E-state index in [0.29, 0.717) is 0 Å². The topological polar surface area (TPSA) is 0 Å². The van der Waals surface area contributed by atoms with Gasteiger partial charge >= 0.3 is 0 Å². The summed E-state index contributed by atoms with van der Waals surface area (Å²) >= 11 is 0. The highest BCUT2D eigenvalue weighted by Gasteiger charge is 2.01. The van der Waals surface area contributed by atoms with Gasteiger partial charge in [0.2, 0.25) is 0 Å². The Morgan fingerprint density at radius 1 is 0.714 bits per heavy atom. The minimum absolute atomic E-state index is 0.888. The van der Waals surface area contributed by atoms with Crippen molar-refractivity contribution >= 4 is 0 Å². The van der Waals surface area contributed by atoms with E-state index >= 15 is 0 Å². The summed E-state index contributed by atoms with van der Waals surface area (Å²) < 4.78 is 0. The lowest BCUT2D eigenvalue weighted by Gasteiger charge is -2.10. The van der Waals surface area contributed by atoms with E-state index in [1.165, 1.54) is 25.7 Å². The Morgan fingerprint density at radius 3 is 1.43 bits per heavy atom. The molecule has 0 aromatic heterocycles. The van der Waals surface area contributed by atoms with E-state index in [-0.39, 0.29) is 0 Å². The minimum atomic E-state index is 0.888. The highest BCUT2D eigenvalue weighted by molar-refractivity contribution is 4.54. The van der Waals surface area contributed by atoms with Crippen molar-refractivity contribution in [3.63, 3.8) is 0 Å². The van der Waals surface area contributed by atoms with E-state index in [1.54, 1.807) is 0 Å². The molecule has 0 saturated heterocycles. The third-order valence-corrected chi connectivity index (χ3v) is 2.02. The molecule has 0 aliphatic heterocycles. The van der Waals surface area contributed by atoms with Crippen LogP contribution in [0.3, 0.4) is 0 Å². The molecule has 0 N–H and O–H groups in total. The van der Waals surface area contributed by atoms with E-state index in [9.17, 15) is 0 Å². The third-order valence-electron chi connectivity index (χ3n) is 2.02. The second-order valence-electron chi connectivity index (χ2n) is 3.87. The average molecular weight is 202 g/mol. The van der Waals surface area contributed by atoms with Gasteiger partial charge in [-0.2, -0.15) is 0 Å². The predicted molar refractivity (Wildman–Crippen MR) is 70.8 cm³/mol. The molecule has 0 heteroatoms. The first kappa shape index (κ1) is 19.6. The molecular formula is C14H34. The molecule has 0 radical (unpaired) electrons. The van der Waals surface area contributed by atoms with Crippen LogP contribution in [0.1, 0.15) is 81.1 Å². The smallest absolute Gasteiger partial charge is 0.0443 e. The number of rotatable bonds is 5. The van der Waals surface area contributed by atoms with Crippen molar-refractivity contribution in [1.29, 1.82) is 0 Å². The summed E-state index contributed by atoms with van der Waals surface area (Å²) in [5, 5.41) is 0. The van der Waals surface area contributed by atoms with Crippen molar-refractivity contribution in [2.24, 2.45) is 11.8 Å². The fraction of sp³-hybridized carbons (Fsp3) is 1.00. The van der Waals surface area contributed by atoms with Gasteiger partial charge in [0.05, 0.1) is 0 Å². The number of hydrogen-bond donors (Lipinski definition) is 0. The van der Waals surface area contributed by atoms with Gasteiger partial charge in [-0.25, -0.2) is 0 Å². The lowest BCUT2D eigenvalue weighted by atomic mass is 9.96. The number of hydrogen-bond acceptors (Lipinski definition) is 0. The van der Waals surface area contributed by atoms with Crippen LogP contribution in [0.25, 0.3) is 0 Å². The Kier molecular flexibility index (Phi) is 26.1. The Balaban J connectivity index is -0.000000266. The van der Waals surface area contributed by atoms with Crippen LogP contribution < -0.4 is 0 Å². The molecule has 1 unspecified atom stereocenters. The molecule has 0 fully saturated rings. The van der Waals surface area contributed by atoms with Gasteiger partial charge in [-0.3, -0.25) is 0 Å². The summed E-state index contributed by atoms with van der Waals surface area (Å²) in [6.07, 6.45) is 5.58. The molecule has 0 bridgehead atoms. The maximum atomic E-state index is 2.37. The molecule has 0 aliphatic rings. The second kappa shape index (κ2) is 18.7. The quantitative estimate of drug-likeness (QED) is 0.520. The maximum Gasteiger partial charge on any atom is -0.0443 e. The maximum absolute atomic E-state index is 2.37. The van der Waals surface area contributed by atoms with Gasteiger partial charge in [-0.15, -0.1) is 0 Å². The van der Waals surface area contributed by atoms with Crippen LogP contribution in [-0.2, 0) is 0 Å². The monoisotopic (exact) mass is 202 g/mol. The van der Waals surface area contributed by atoms with Crippen LogP contribution in [0.15, 0.2) is 0 Å². The highest BCUT2D eigenvalue weighted by Crippen LogP contribution is 2.15. The van der Waals surface area contributed by atoms with Crippen molar-refractivity contribution in [2.45, 2.75) is 81.1 Å². The summed E-state index contributed by atoms with van der Waals surface area (Å²) in [6.45, 7) is 17.2. The molecule has 1 atom stereocenters. The largest absolute Gasteiger partial charge is 0.0683 e. The molecule has 0 saturated carbocycles. The van der Waals surface area contributed by atoms with Crippen molar-refractivity contribution in [3.05, 3.63) is 0 Å². The zero-order valence-corrected chi connectivity index (χ0v) is 12.0. The Morgan fingerprint density at radius 2 is 1.14 bits per heavy atom. The molecule has 0 nitrogen and oxygen atoms in total. The lowest BCUT2D eigenvalue weighted by Crippen LogP contribution is -1.96. The van der Waals surface area contributed by atoms with E-state index in [0.717, 1.165) is 11.8 Å². The first-order chi connectivity index (χ1) is 6.66. The molecule has 0 spiro atoms. The van der Waals surface area contributed by atoms with E-state index in [1.807, 2.05) is 27.7 Å². The molecule has 0 rings (SSSR count). The fourth-order valence-corrected chi connectivity index (χ4v) is 1.25. The minimum Gasteiger partial charge on any atom is -0.0683 e. The molecule has 0 aromatic carbocycles. The highest BCUT2D eigenvalue weighted by atomic mass is 14.1. The van der Waals surface area contributed by atoms with Crippen molar-refractivity contribution in [3.8, 4) is 0 Å². The first-order valence-corrected chi connectivity index (χ1v) is 6.66. The van der Waals surface area contributed by atoms with Gasteiger partial charge in [0.1, 0.15) is 0 Å². The predicted octanol–water partition coefficient (Wildman–Crippen LogP) is 5.91. The molecule has 0 amide bonds. The summed E-state index contributed by atoms with van der Waals surface area (Å²) in [4.78, 5) is 0. The Labute approximate surface area is 93.5 Å². The van der Waals surface area contributed by atoms with Crippen LogP contribution in [-0.4, -0.2) is 0 Å². The third kappa shape index (κ3) is 22.7. The van der Waals surface area contributed by atoms with Gasteiger partial charge in [0.15, 0.2) is 0 Å². The average Bonchev–Trinajstić information content (AvgIpc) is 2.21. The van der Waals surface area contributed by atoms with Crippen molar-refractivity contribution in [2.75, 3.05) is 0 Å². The van der Waals surface area contributed by atoms with Crippen LogP contribution in [0, 0.1) is 11.8 Å². The zero-order chi connectivity index (χ0) is 12.0. The fourth-order valence-electron chi connectivity index (χ4n) is 1.25. The summed E-state index contributed by atoms with van der Waals surface area (Å²) in [7, 11) is 0. The summed E-state index contributed by atoms with van der Waals surface area (Å²) in [5.41, 5.74) is 0. The standard InChI is InChI=1S/C10H22.2C2H6/c1-5-6-10(4)8-7-9(2)3;2*1-2/h9-10H,5-8H2,1-4H3;2*1-2H3. The summed E-state index contributed by atoms with van der Waals surface area (Å²) in [5.74, 6) is 1.84.